The Morgan fingerprint density at radius 1 is 1.38 bits per heavy atom. The van der Waals surface area contributed by atoms with E-state index in [1.165, 1.54) is 19.3 Å². The molecule has 2 atom stereocenters. The van der Waals surface area contributed by atoms with Crippen LogP contribution in [0.2, 0.25) is 0 Å². The number of rotatable bonds is 5. The lowest BCUT2D eigenvalue weighted by atomic mass is 9.89. The summed E-state index contributed by atoms with van der Waals surface area (Å²) < 4.78 is 5.31. The number of aliphatic imine (C=N–C) groups is 1. The van der Waals surface area contributed by atoms with Crippen LogP contribution in [-0.4, -0.2) is 61.8 Å². The van der Waals surface area contributed by atoms with E-state index in [1.54, 1.807) is 0 Å². The largest absolute Gasteiger partial charge is 0.380 e. The minimum Gasteiger partial charge on any atom is -0.380 e. The molecule has 0 aromatic heterocycles. The maximum absolute atomic E-state index is 5.31. The molecule has 0 aromatic rings. The standard InChI is InChI=1S/C16H30N4O/c1-4-17-15(18-9-16(3)10-21-11-16)19-13-7-12(2)20(8-13)14-5-6-14/h12-14H,4-11H2,1-3H3,(H2,17,18,19). The van der Waals surface area contributed by atoms with Crippen LogP contribution in [0, 0.1) is 5.41 Å². The quantitative estimate of drug-likeness (QED) is 0.591. The highest BCUT2D eigenvalue weighted by Crippen LogP contribution is 2.33. The summed E-state index contributed by atoms with van der Waals surface area (Å²) in [7, 11) is 0. The Bertz CT molecular complexity index is 390. The molecule has 0 bridgehead atoms. The fraction of sp³-hybridized carbons (Fsp3) is 0.938. The van der Waals surface area contributed by atoms with Crippen molar-refractivity contribution >= 4 is 5.96 Å². The smallest absolute Gasteiger partial charge is 0.191 e. The second-order valence-corrected chi connectivity index (χ2v) is 7.35. The van der Waals surface area contributed by atoms with E-state index < -0.39 is 0 Å². The van der Waals surface area contributed by atoms with Gasteiger partial charge in [0.05, 0.1) is 19.8 Å². The molecule has 2 saturated heterocycles. The molecule has 2 aliphatic heterocycles. The van der Waals surface area contributed by atoms with E-state index in [9.17, 15) is 0 Å². The molecular weight excluding hydrogens is 264 g/mol. The molecule has 0 aromatic carbocycles. The van der Waals surface area contributed by atoms with E-state index in [-0.39, 0.29) is 5.41 Å². The van der Waals surface area contributed by atoms with E-state index in [2.05, 4.69) is 36.3 Å². The van der Waals surface area contributed by atoms with Gasteiger partial charge in [-0.15, -0.1) is 0 Å². The first-order valence-electron chi connectivity index (χ1n) is 8.48. The molecule has 3 aliphatic rings. The summed E-state index contributed by atoms with van der Waals surface area (Å²) in [5.41, 5.74) is 0.241. The molecule has 120 valence electrons. The number of guanidine groups is 1. The van der Waals surface area contributed by atoms with Crippen LogP contribution in [-0.2, 0) is 4.74 Å². The van der Waals surface area contributed by atoms with Crippen molar-refractivity contribution in [2.75, 3.05) is 32.8 Å². The lowest BCUT2D eigenvalue weighted by Crippen LogP contribution is -2.47. The summed E-state index contributed by atoms with van der Waals surface area (Å²) in [6, 6.07) is 2.09. The van der Waals surface area contributed by atoms with E-state index in [0.717, 1.165) is 44.8 Å². The summed E-state index contributed by atoms with van der Waals surface area (Å²) in [5, 5.41) is 7.02. The fourth-order valence-electron chi connectivity index (χ4n) is 3.40. The van der Waals surface area contributed by atoms with Crippen molar-refractivity contribution in [2.24, 2.45) is 10.4 Å². The highest BCUT2D eigenvalue weighted by molar-refractivity contribution is 5.80. The van der Waals surface area contributed by atoms with Crippen molar-refractivity contribution in [1.82, 2.24) is 15.5 Å². The minimum absolute atomic E-state index is 0.241. The Morgan fingerprint density at radius 3 is 2.71 bits per heavy atom. The number of hydrogen-bond acceptors (Lipinski definition) is 3. The zero-order valence-corrected chi connectivity index (χ0v) is 13.7. The number of nitrogens with one attached hydrogen (secondary N) is 2. The zero-order chi connectivity index (χ0) is 14.9. The monoisotopic (exact) mass is 294 g/mol. The summed E-state index contributed by atoms with van der Waals surface area (Å²) in [6.07, 6.45) is 4.01. The molecule has 0 spiro atoms. The average molecular weight is 294 g/mol. The van der Waals surface area contributed by atoms with Crippen molar-refractivity contribution in [3.63, 3.8) is 0 Å². The normalized spacial score (nSPS) is 32.8. The molecule has 2 unspecified atom stereocenters. The van der Waals surface area contributed by atoms with Gasteiger partial charge in [-0.1, -0.05) is 6.92 Å². The van der Waals surface area contributed by atoms with E-state index >= 15 is 0 Å². The maximum atomic E-state index is 5.31. The molecular formula is C16H30N4O. The molecule has 5 nitrogen and oxygen atoms in total. The number of ether oxygens (including phenoxy) is 1. The van der Waals surface area contributed by atoms with Crippen molar-refractivity contribution in [2.45, 2.75) is 58.2 Å². The van der Waals surface area contributed by atoms with Crippen LogP contribution in [0.4, 0.5) is 0 Å². The first kappa shape index (κ1) is 15.1. The number of likely N-dealkylation sites (tertiary alicyclic amines) is 1. The Balaban J connectivity index is 1.53. The van der Waals surface area contributed by atoms with Crippen LogP contribution < -0.4 is 10.6 Å². The molecule has 5 heteroatoms. The van der Waals surface area contributed by atoms with Crippen LogP contribution in [0.15, 0.2) is 4.99 Å². The van der Waals surface area contributed by atoms with E-state index in [4.69, 9.17) is 9.73 Å². The zero-order valence-electron chi connectivity index (χ0n) is 13.7. The van der Waals surface area contributed by atoms with Gasteiger partial charge in [0.2, 0.25) is 0 Å². The van der Waals surface area contributed by atoms with Gasteiger partial charge < -0.3 is 15.4 Å². The number of nitrogens with zero attached hydrogens (tertiary/aromatic N) is 2. The van der Waals surface area contributed by atoms with Gasteiger partial charge in [-0.05, 0) is 33.1 Å². The van der Waals surface area contributed by atoms with Crippen LogP contribution in [0.1, 0.15) is 40.0 Å². The van der Waals surface area contributed by atoms with Crippen LogP contribution in [0.5, 0.6) is 0 Å². The summed E-state index contributed by atoms with van der Waals surface area (Å²) in [6.45, 7) is 11.3. The topological polar surface area (TPSA) is 48.9 Å². The Labute approximate surface area is 128 Å². The predicted molar refractivity (Wildman–Crippen MR) is 85.6 cm³/mol. The second-order valence-electron chi connectivity index (χ2n) is 7.35. The van der Waals surface area contributed by atoms with Crippen LogP contribution in [0.3, 0.4) is 0 Å². The van der Waals surface area contributed by atoms with E-state index in [1.807, 2.05) is 0 Å². The molecule has 3 rings (SSSR count). The van der Waals surface area contributed by atoms with Gasteiger partial charge in [-0.3, -0.25) is 9.89 Å². The van der Waals surface area contributed by atoms with Gasteiger partial charge in [-0.2, -0.15) is 0 Å². The summed E-state index contributed by atoms with van der Waals surface area (Å²) in [5.74, 6) is 0.973. The van der Waals surface area contributed by atoms with Gasteiger partial charge >= 0.3 is 0 Å². The second kappa shape index (κ2) is 6.13. The highest BCUT2D eigenvalue weighted by atomic mass is 16.5. The molecule has 2 N–H and O–H groups in total. The van der Waals surface area contributed by atoms with Crippen LogP contribution >= 0.6 is 0 Å². The average Bonchev–Trinajstić information content (AvgIpc) is 3.19. The lowest BCUT2D eigenvalue weighted by molar-refractivity contribution is -0.0945. The Hall–Kier alpha value is -0.810. The third kappa shape index (κ3) is 3.69. The molecule has 1 aliphatic carbocycles. The highest BCUT2D eigenvalue weighted by Gasteiger charge is 2.39. The molecule has 0 amide bonds. The molecule has 3 fully saturated rings. The van der Waals surface area contributed by atoms with Gasteiger partial charge in [-0.25, -0.2) is 0 Å². The maximum Gasteiger partial charge on any atom is 0.191 e. The Kier molecular flexibility index (Phi) is 4.41. The summed E-state index contributed by atoms with van der Waals surface area (Å²) in [4.78, 5) is 7.45. The van der Waals surface area contributed by atoms with Gasteiger partial charge in [0, 0.05) is 36.6 Å². The first-order valence-corrected chi connectivity index (χ1v) is 8.48. The van der Waals surface area contributed by atoms with Crippen molar-refractivity contribution < 1.29 is 4.74 Å². The third-order valence-corrected chi connectivity index (χ3v) is 4.84. The molecule has 0 radical (unpaired) electrons. The fourth-order valence-corrected chi connectivity index (χ4v) is 3.40. The van der Waals surface area contributed by atoms with Gasteiger partial charge in [0.1, 0.15) is 0 Å². The minimum atomic E-state index is 0.241. The van der Waals surface area contributed by atoms with Crippen molar-refractivity contribution in [1.29, 1.82) is 0 Å². The van der Waals surface area contributed by atoms with Crippen molar-refractivity contribution in [3.05, 3.63) is 0 Å². The SMILES string of the molecule is CCNC(=NCC1(C)COC1)NC1CC(C)N(C2CC2)C1. The van der Waals surface area contributed by atoms with E-state index in [0.29, 0.717) is 12.1 Å². The Morgan fingerprint density at radius 2 is 2.14 bits per heavy atom. The summed E-state index contributed by atoms with van der Waals surface area (Å²) >= 11 is 0. The van der Waals surface area contributed by atoms with Crippen LogP contribution in [0.25, 0.3) is 0 Å². The first-order chi connectivity index (χ1) is 10.1. The molecule has 21 heavy (non-hydrogen) atoms. The number of hydrogen-bond donors (Lipinski definition) is 2. The van der Waals surface area contributed by atoms with Gasteiger partial charge in [0.15, 0.2) is 5.96 Å². The predicted octanol–water partition coefficient (Wildman–Crippen LogP) is 1.20. The van der Waals surface area contributed by atoms with Gasteiger partial charge in [0.25, 0.3) is 0 Å². The molecule has 1 saturated carbocycles. The molecule has 2 heterocycles. The third-order valence-electron chi connectivity index (χ3n) is 4.84. The van der Waals surface area contributed by atoms with Crippen molar-refractivity contribution in [3.8, 4) is 0 Å². The lowest BCUT2D eigenvalue weighted by Gasteiger charge is -2.36.